The van der Waals surface area contributed by atoms with Crippen LogP contribution in [0.25, 0.3) is 0 Å². The van der Waals surface area contributed by atoms with E-state index in [-0.39, 0.29) is 29.3 Å². The van der Waals surface area contributed by atoms with Crippen molar-refractivity contribution in [1.29, 1.82) is 0 Å². The highest BCUT2D eigenvalue weighted by atomic mass is 32.2. The number of rotatable bonds is 10. The number of benzene rings is 2. The van der Waals surface area contributed by atoms with Crippen LogP contribution < -0.4 is 5.32 Å². The molecule has 0 aliphatic heterocycles. The second-order valence-corrected chi connectivity index (χ2v) is 9.93. The molecule has 1 atom stereocenters. The summed E-state index contributed by atoms with van der Waals surface area (Å²) >= 11 is 1.44. The second kappa shape index (κ2) is 12.6. The van der Waals surface area contributed by atoms with E-state index in [0.29, 0.717) is 12.3 Å². The molecule has 0 aromatic heterocycles. The van der Waals surface area contributed by atoms with E-state index in [9.17, 15) is 19.7 Å². The highest BCUT2D eigenvalue weighted by Gasteiger charge is 2.28. The summed E-state index contributed by atoms with van der Waals surface area (Å²) in [6.07, 6.45) is 5.46. The van der Waals surface area contributed by atoms with E-state index in [0.717, 1.165) is 42.4 Å². The third-order valence-corrected chi connectivity index (χ3v) is 7.22. The van der Waals surface area contributed by atoms with Gasteiger partial charge >= 0.3 is 0 Å². The molecule has 0 bridgehead atoms. The van der Waals surface area contributed by atoms with Gasteiger partial charge in [0.25, 0.3) is 5.69 Å². The summed E-state index contributed by atoms with van der Waals surface area (Å²) in [5, 5.41) is 14.0. The zero-order valence-corrected chi connectivity index (χ0v) is 20.7. The van der Waals surface area contributed by atoms with Crippen LogP contribution in [0.2, 0.25) is 0 Å². The van der Waals surface area contributed by atoms with Crippen molar-refractivity contribution in [2.24, 2.45) is 0 Å². The maximum Gasteiger partial charge on any atom is 0.269 e. The molecule has 1 fully saturated rings. The first-order valence-electron chi connectivity index (χ1n) is 11.8. The Bertz CT molecular complexity index is 973. The van der Waals surface area contributed by atoms with E-state index in [1.54, 1.807) is 24.0 Å². The molecule has 7 nitrogen and oxygen atoms in total. The molecule has 1 saturated carbocycles. The molecule has 2 aromatic rings. The van der Waals surface area contributed by atoms with Gasteiger partial charge in [-0.1, -0.05) is 61.2 Å². The number of nitro benzene ring substituents is 1. The quantitative estimate of drug-likeness (QED) is 0.379. The maximum atomic E-state index is 13.2. The highest BCUT2D eigenvalue weighted by Crippen LogP contribution is 2.20. The summed E-state index contributed by atoms with van der Waals surface area (Å²) in [6, 6.07) is 14.0. The van der Waals surface area contributed by atoms with Gasteiger partial charge in [0.15, 0.2) is 0 Å². The number of carbonyl (C=O) groups is 2. The van der Waals surface area contributed by atoms with Gasteiger partial charge < -0.3 is 10.2 Å². The molecule has 0 spiro atoms. The van der Waals surface area contributed by atoms with E-state index < -0.39 is 11.0 Å². The van der Waals surface area contributed by atoms with E-state index in [1.807, 2.05) is 31.2 Å². The van der Waals surface area contributed by atoms with Crippen LogP contribution in [0.1, 0.15) is 55.7 Å². The van der Waals surface area contributed by atoms with Crippen LogP contribution in [-0.2, 0) is 21.9 Å². The third-order valence-electron chi connectivity index (χ3n) is 6.23. The summed E-state index contributed by atoms with van der Waals surface area (Å²) in [7, 11) is 0. The number of nitrogens with one attached hydrogen (secondary N) is 1. The minimum Gasteiger partial charge on any atom is -0.352 e. The molecule has 1 N–H and O–H groups in total. The number of aryl methyl sites for hydroxylation is 1. The molecule has 8 heteroatoms. The largest absolute Gasteiger partial charge is 0.352 e. The lowest BCUT2D eigenvalue weighted by Gasteiger charge is -2.31. The molecule has 0 radical (unpaired) electrons. The summed E-state index contributed by atoms with van der Waals surface area (Å²) in [5.74, 6) is 0.584. The number of hydrogen-bond acceptors (Lipinski definition) is 5. The lowest BCUT2D eigenvalue weighted by molar-refractivity contribution is -0.384. The molecular weight excluding hydrogens is 450 g/mol. The molecule has 3 rings (SSSR count). The van der Waals surface area contributed by atoms with Gasteiger partial charge in [-0.3, -0.25) is 19.7 Å². The van der Waals surface area contributed by atoms with E-state index in [2.05, 4.69) is 5.32 Å². The zero-order chi connectivity index (χ0) is 24.5. The molecule has 34 heavy (non-hydrogen) atoms. The lowest BCUT2D eigenvalue weighted by Crippen LogP contribution is -2.50. The lowest BCUT2D eigenvalue weighted by atomic mass is 9.95. The van der Waals surface area contributed by atoms with Crippen LogP contribution in [0.3, 0.4) is 0 Å². The van der Waals surface area contributed by atoms with E-state index >= 15 is 0 Å². The Hall–Kier alpha value is -2.87. The minimum absolute atomic E-state index is 0.0481. The van der Waals surface area contributed by atoms with Crippen LogP contribution in [0.4, 0.5) is 5.69 Å². The standard InChI is InChI=1S/C26H33N3O4S/c1-19-8-10-21(11-9-19)16-28(20(2)26(31)27-23-6-4-3-5-7-23)25(30)18-34-17-22-12-14-24(15-13-22)29(32)33/h8-15,20,23H,3-7,16-18H2,1-2H3,(H,27,31)/t20-/m1/s1. The molecule has 182 valence electrons. The summed E-state index contributed by atoms with van der Waals surface area (Å²) < 4.78 is 0. The number of nitrogens with zero attached hydrogens (tertiary/aromatic N) is 2. The van der Waals surface area contributed by atoms with Gasteiger partial charge in [-0.2, -0.15) is 0 Å². The first-order chi connectivity index (χ1) is 16.3. The Kier molecular flexibility index (Phi) is 9.51. The number of hydrogen-bond donors (Lipinski definition) is 1. The van der Waals surface area contributed by atoms with Gasteiger partial charge in [-0.25, -0.2) is 0 Å². The van der Waals surface area contributed by atoms with Crippen molar-refractivity contribution < 1.29 is 14.5 Å². The first-order valence-corrected chi connectivity index (χ1v) is 13.0. The van der Waals surface area contributed by atoms with Gasteiger partial charge in [-0.15, -0.1) is 11.8 Å². The number of carbonyl (C=O) groups excluding carboxylic acids is 2. The predicted octanol–water partition coefficient (Wildman–Crippen LogP) is 5.00. The van der Waals surface area contributed by atoms with Crippen LogP contribution in [-0.4, -0.2) is 39.5 Å². The van der Waals surface area contributed by atoms with Crippen molar-refractivity contribution in [3.8, 4) is 0 Å². The molecule has 2 aromatic carbocycles. The van der Waals surface area contributed by atoms with Crippen molar-refractivity contribution in [2.45, 2.75) is 70.3 Å². The normalized spacial score (nSPS) is 14.9. The van der Waals surface area contributed by atoms with Crippen LogP contribution in [0.15, 0.2) is 48.5 Å². The third kappa shape index (κ3) is 7.58. The predicted molar refractivity (Wildman–Crippen MR) is 135 cm³/mol. The van der Waals surface area contributed by atoms with Gasteiger partial charge in [0.2, 0.25) is 11.8 Å². The number of non-ortho nitro benzene ring substituents is 1. The first kappa shape index (κ1) is 25.7. The average molecular weight is 484 g/mol. The highest BCUT2D eigenvalue weighted by molar-refractivity contribution is 7.99. The Morgan fingerprint density at radius 3 is 2.29 bits per heavy atom. The number of amides is 2. The van der Waals surface area contributed by atoms with Gasteiger partial charge in [0.1, 0.15) is 6.04 Å². The Balaban J connectivity index is 1.63. The number of nitro groups is 1. The van der Waals surface area contributed by atoms with Gasteiger partial charge in [0, 0.05) is 30.5 Å². The molecule has 2 amide bonds. The maximum absolute atomic E-state index is 13.2. The van der Waals surface area contributed by atoms with E-state index in [1.165, 1.54) is 30.3 Å². The van der Waals surface area contributed by atoms with Crippen molar-refractivity contribution in [2.75, 3.05) is 5.75 Å². The molecular formula is C26H33N3O4S. The molecule has 1 aliphatic carbocycles. The fraction of sp³-hybridized carbons (Fsp3) is 0.462. The fourth-order valence-corrected chi connectivity index (χ4v) is 4.97. The Morgan fingerprint density at radius 1 is 1.06 bits per heavy atom. The zero-order valence-electron chi connectivity index (χ0n) is 19.9. The van der Waals surface area contributed by atoms with Gasteiger partial charge in [0.05, 0.1) is 10.7 Å². The summed E-state index contributed by atoms with van der Waals surface area (Å²) in [6.45, 7) is 4.18. The van der Waals surface area contributed by atoms with Crippen molar-refractivity contribution >= 4 is 29.3 Å². The SMILES string of the molecule is Cc1ccc(CN(C(=O)CSCc2ccc([N+](=O)[O-])cc2)[C@H](C)C(=O)NC2CCCCC2)cc1. The van der Waals surface area contributed by atoms with Crippen LogP contribution in [0, 0.1) is 17.0 Å². The molecule has 0 saturated heterocycles. The van der Waals surface area contributed by atoms with Crippen molar-refractivity contribution in [1.82, 2.24) is 10.2 Å². The monoisotopic (exact) mass is 483 g/mol. The fourth-order valence-electron chi connectivity index (χ4n) is 4.09. The van der Waals surface area contributed by atoms with Gasteiger partial charge in [-0.05, 0) is 37.8 Å². The second-order valence-electron chi connectivity index (χ2n) is 8.94. The summed E-state index contributed by atoms with van der Waals surface area (Å²) in [4.78, 5) is 38.3. The molecule has 1 aliphatic rings. The Labute approximate surface area is 205 Å². The van der Waals surface area contributed by atoms with Crippen LogP contribution in [0.5, 0.6) is 0 Å². The Morgan fingerprint density at radius 2 is 1.68 bits per heavy atom. The van der Waals surface area contributed by atoms with E-state index in [4.69, 9.17) is 0 Å². The average Bonchev–Trinajstić information content (AvgIpc) is 2.84. The minimum atomic E-state index is -0.573. The van der Waals surface area contributed by atoms with Crippen molar-refractivity contribution in [3.63, 3.8) is 0 Å². The van der Waals surface area contributed by atoms with Crippen LogP contribution >= 0.6 is 11.8 Å². The molecule has 0 unspecified atom stereocenters. The topological polar surface area (TPSA) is 92.6 Å². The summed E-state index contributed by atoms with van der Waals surface area (Å²) in [5.41, 5.74) is 3.09. The smallest absolute Gasteiger partial charge is 0.269 e. The van der Waals surface area contributed by atoms with Crippen molar-refractivity contribution in [3.05, 3.63) is 75.3 Å². The molecule has 0 heterocycles. The number of thioether (sulfide) groups is 1.